The van der Waals surface area contributed by atoms with E-state index in [0.717, 1.165) is 52.0 Å². The van der Waals surface area contributed by atoms with Gasteiger partial charge in [0.1, 0.15) is 5.60 Å². The van der Waals surface area contributed by atoms with Crippen LogP contribution in [0.25, 0.3) is 0 Å². The molecule has 5 heteroatoms. The molecule has 2 aliphatic heterocycles. The molecule has 3 aliphatic rings. The third-order valence-electron chi connectivity index (χ3n) is 5.47. The van der Waals surface area contributed by atoms with Gasteiger partial charge in [-0.2, -0.15) is 0 Å². The monoisotopic (exact) mass is 336 g/mol. The highest BCUT2D eigenvalue weighted by Gasteiger charge is 2.52. The minimum absolute atomic E-state index is 0.0571. The molecular formula is C19H32N2O3. The van der Waals surface area contributed by atoms with Crippen LogP contribution in [0.3, 0.4) is 0 Å². The van der Waals surface area contributed by atoms with Gasteiger partial charge in [0, 0.05) is 19.1 Å². The highest BCUT2D eigenvalue weighted by atomic mass is 16.6. The molecular weight excluding hydrogens is 304 g/mol. The molecule has 1 amide bonds. The van der Waals surface area contributed by atoms with Crippen molar-refractivity contribution in [3.8, 4) is 0 Å². The van der Waals surface area contributed by atoms with Gasteiger partial charge in [0.15, 0.2) is 0 Å². The number of hydrogen-bond acceptors (Lipinski definition) is 4. The first-order valence-corrected chi connectivity index (χ1v) is 9.40. The first kappa shape index (κ1) is 17.7. The average Bonchev–Trinajstić information content (AvgIpc) is 3.13. The molecule has 1 saturated heterocycles. The molecule has 1 atom stereocenters. The summed E-state index contributed by atoms with van der Waals surface area (Å²) in [5, 5.41) is 3.73. The van der Waals surface area contributed by atoms with E-state index in [1.165, 1.54) is 18.4 Å². The Morgan fingerprint density at radius 3 is 2.79 bits per heavy atom. The van der Waals surface area contributed by atoms with Crippen molar-refractivity contribution in [1.29, 1.82) is 0 Å². The SMILES string of the molecule is CC(C)(C)OC(=O)N1CCC(NCC2=CCCOC2)C12CCCC2. The van der Waals surface area contributed by atoms with Gasteiger partial charge in [0.2, 0.25) is 0 Å². The second-order valence-corrected chi connectivity index (χ2v) is 8.37. The molecule has 0 aromatic heterocycles. The summed E-state index contributed by atoms with van der Waals surface area (Å²) in [6.07, 6.45) is 8.72. The van der Waals surface area contributed by atoms with Crippen LogP contribution in [0.1, 0.15) is 59.3 Å². The zero-order valence-corrected chi connectivity index (χ0v) is 15.4. The Hall–Kier alpha value is -1.07. The van der Waals surface area contributed by atoms with Crippen molar-refractivity contribution in [3.05, 3.63) is 11.6 Å². The lowest BCUT2D eigenvalue weighted by atomic mass is 9.89. The maximum atomic E-state index is 12.7. The molecule has 5 nitrogen and oxygen atoms in total. The van der Waals surface area contributed by atoms with Crippen molar-refractivity contribution >= 4 is 6.09 Å². The largest absolute Gasteiger partial charge is 0.444 e. The normalized spacial score (nSPS) is 26.7. The van der Waals surface area contributed by atoms with Gasteiger partial charge in [-0.15, -0.1) is 0 Å². The topological polar surface area (TPSA) is 50.8 Å². The fourth-order valence-electron chi connectivity index (χ4n) is 4.41. The van der Waals surface area contributed by atoms with E-state index in [0.29, 0.717) is 6.04 Å². The summed E-state index contributed by atoms with van der Waals surface area (Å²) < 4.78 is 11.2. The molecule has 0 aromatic rings. The van der Waals surface area contributed by atoms with Crippen molar-refractivity contribution in [2.24, 2.45) is 0 Å². The van der Waals surface area contributed by atoms with Gasteiger partial charge in [-0.25, -0.2) is 4.79 Å². The molecule has 2 heterocycles. The second-order valence-electron chi connectivity index (χ2n) is 8.37. The van der Waals surface area contributed by atoms with Crippen molar-refractivity contribution in [2.45, 2.75) is 76.5 Å². The molecule has 2 fully saturated rings. The number of carbonyl (C=O) groups excluding carboxylic acids is 1. The van der Waals surface area contributed by atoms with Crippen LogP contribution in [0.4, 0.5) is 4.79 Å². The zero-order chi connectivity index (χ0) is 17.2. The van der Waals surface area contributed by atoms with E-state index < -0.39 is 5.60 Å². The molecule has 0 radical (unpaired) electrons. The lowest BCUT2D eigenvalue weighted by Crippen LogP contribution is -2.56. The summed E-state index contributed by atoms with van der Waals surface area (Å²) >= 11 is 0. The third kappa shape index (κ3) is 3.77. The molecule has 3 rings (SSSR count). The number of nitrogens with one attached hydrogen (secondary N) is 1. The summed E-state index contributed by atoms with van der Waals surface area (Å²) in [6, 6.07) is 0.357. The zero-order valence-electron chi connectivity index (χ0n) is 15.4. The standard InChI is InChI=1S/C19H32N2O3/c1-18(2,3)24-17(22)21-11-8-16(19(21)9-4-5-10-19)20-13-15-7-6-12-23-14-15/h7,16,20H,4-6,8-14H2,1-3H3. The molecule has 1 spiro atoms. The van der Waals surface area contributed by atoms with Gasteiger partial charge in [0.25, 0.3) is 0 Å². The van der Waals surface area contributed by atoms with Crippen molar-refractivity contribution in [3.63, 3.8) is 0 Å². The number of rotatable bonds is 3. The van der Waals surface area contributed by atoms with Gasteiger partial charge in [-0.05, 0) is 52.0 Å². The Morgan fingerprint density at radius 1 is 1.42 bits per heavy atom. The van der Waals surface area contributed by atoms with Gasteiger partial charge in [-0.3, -0.25) is 0 Å². The van der Waals surface area contributed by atoms with Crippen molar-refractivity contribution in [1.82, 2.24) is 10.2 Å². The Balaban J connectivity index is 1.67. The van der Waals surface area contributed by atoms with Crippen LogP contribution in [0.15, 0.2) is 11.6 Å². The van der Waals surface area contributed by atoms with E-state index in [1.54, 1.807) is 0 Å². The Labute approximate surface area is 145 Å². The number of carbonyl (C=O) groups is 1. The fraction of sp³-hybridized carbons (Fsp3) is 0.842. The lowest BCUT2D eigenvalue weighted by molar-refractivity contribution is 0.00563. The average molecular weight is 336 g/mol. The number of likely N-dealkylation sites (tertiary alicyclic amines) is 1. The highest BCUT2D eigenvalue weighted by molar-refractivity contribution is 5.70. The second kappa shape index (κ2) is 7.04. The predicted molar refractivity (Wildman–Crippen MR) is 94.1 cm³/mol. The summed E-state index contributed by atoms with van der Waals surface area (Å²) in [5.41, 5.74) is 0.843. The van der Waals surface area contributed by atoms with Crippen LogP contribution in [0.2, 0.25) is 0 Å². The first-order valence-electron chi connectivity index (χ1n) is 9.40. The maximum absolute atomic E-state index is 12.7. The first-order chi connectivity index (χ1) is 11.4. The summed E-state index contributed by atoms with van der Waals surface area (Å²) in [7, 11) is 0. The number of amides is 1. The molecule has 1 unspecified atom stereocenters. The molecule has 1 aliphatic carbocycles. The van der Waals surface area contributed by atoms with Crippen molar-refractivity contribution < 1.29 is 14.3 Å². The van der Waals surface area contributed by atoms with E-state index in [2.05, 4.69) is 11.4 Å². The summed E-state index contributed by atoms with van der Waals surface area (Å²) in [5.74, 6) is 0. The van der Waals surface area contributed by atoms with E-state index in [9.17, 15) is 4.79 Å². The van der Waals surface area contributed by atoms with Crippen LogP contribution < -0.4 is 5.32 Å². The van der Waals surface area contributed by atoms with Crippen molar-refractivity contribution in [2.75, 3.05) is 26.3 Å². The van der Waals surface area contributed by atoms with Gasteiger partial charge in [-0.1, -0.05) is 18.9 Å². The van der Waals surface area contributed by atoms with E-state index in [-0.39, 0.29) is 11.6 Å². The molecule has 0 bridgehead atoms. The quantitative estimate of drug-likeness (QED) is 0.804. The van der Waals surface area contributed by atoms with E-state index >= 15 is 0 Å². The Kier molecular flexibility index (Phi) is 5.21. The predicted octanol–water partition coefficient (Wildman–Crippen LogP) is 3.24. The van der Waals surface area contributed by atoms with Gasteiger partial charge < -0.3 is 19.7 Å². The van der Waals surface area contributed by atoms with Crippen LogP contribution in [0, 0.1) is 0 Å². The number of hydrogen-bond donors (Lipinski definition) is 1. The molecule has 0 aromatic carbocycles. The minimum atomic E-state index is -0.438. The van der Waals surface area contributed by atoms with E-state index in [4.69, 9.17) is 9.47 Å². The number of nitrogens with zero attached hydrogens (tertiary/aromatic N) is 1. The molecule has 136 valence electrons. The Bertz CT molecular complexity index is 489. The van der Waals surface area contributed by atoms with Crippen LogP contribution in [-0.4, -0.2) is 54.5 Å². The minimum Gasteiger partial charge on any atom is -0.444 e. The summed E-state index contributed by atoms with van der Waals surface area (Å²) in [6.45, 7) is 9.05. The molecule has 24 heavy (non-hydrogen) atoms. The highest BCUT2D eigenvalue weighted by Crippen LogP contribution is 2.44. The third-order valence-corrected chi connectivity index (χ3v) is 5.47. The summed E-state index contributed by atoms with van der Waals surface area (Å²) in [4.78, 5) is 14.7. The van der Waals surface area contributed by atoms with Gasteiger partial charge in [0.05, 0.1) is 18.8 Å². The van der Waals surface area contributed by atoms with Crippen LogP contribution in [0.5, 0.6) is 0 Å². The molecule has 1 N–H and O–H groups in total. The smallest absolute Gasteiger partial charge is 0.410 e. The Morgan fingerprint density at radius 2 is 2.17 bits per heavy atom. The van der Waals surface area contributed by atoms with Crippen LogP contribution in [-0.2, 0) is 9.47 Å². The molecule has 1 saturated carbocycles. The van der Waals surface area contributed by atoms with Crippen LogP contribution >= 0.6 is 0 Å². The van der Waals surface area contributed by atoms with Gasteiger partial charge >= 0.3 is 6.09 Å². The van der Waals surface area contributed by atoms with E-state index in [1.807, 2.05) is 25.7 Å². The lowest BCUT2D eigenvalue weighted by Gasteiger charge is -2.40. The maximum Gasteiger partial charge on any atom is 0.410 e. The number of ether oxygens (including phenoxy) is 2. The fourth-order valence-corrected chi connectivity index (χ4v) is 4.41.